The SMILES string of the molecule is O=C(CN1Sc2ccccc2-c2cc(C(F)(F)F)ccc21)NC1CCCCC1. The summed E-state index contributed by atoms with van der Waals surface area (Å²) in [4.78, 5) is 13.4. The maximum absolute atomic E-state index is 13.2. The van der Waals surface area contributed by atoms with Crippen LogP contribution >= 0.6 is 11.9 Å². The Bertz CT molecular complexity index is 878. The van der Waals surface area contributed by atoms with Crippen LogP contribution in [0.2, 0.25) is 0 Å². The zero-order valence-electron chi connectivity index (χ0n) is 15.3. The smallest absolute Gasteiger partial charge is 0.352 e. The molecule has 1 amide bonds. The van der Waals surface area contributed by atoms with E-state index in [1.807, 2.05) is 24.3 Å². The van der Waals surface area contributed by atoms with Crippen molar-refractivity contribution in [2.45, 2.75) is 49.2 Å². The Kier molecular flexibility index (Phi) is 5.27. The van der Waals surface area contributed by atoms with Crippen molar-refractivity contribution in [2.24, 2.45) is 0 Å². The molecule has 3 nitrogen and oxygen atoms in total. The summed E-state index contributed by atoms with van der Waals surface area (Å²) in [5.74, 6) is -0.0929. The molecule has 0 atom stereocenters. The summed E-state index contributed by atoms with van der Waals surface area (Å²) in [6.45, 7) is 0.105. The normalized spacial score (nSPS) is 17.0. The van der Waals surface area contributed by atoms with Gasteiger partial charge in [-0.1, -0.05) is 37.5 Å². The Morgan fingerprint density at radius 2 is 1.82 bits per heavy atom. The summed E-state index contributed by atoms with van der Waals surface area (Å²) in [7, 11) is 0. The number of hydrogen-bond donors (Lipinski definition) is 1. The average Bonchev–Trinajstić information content (AvgIpc) is 2.68. The van der Waals surface area contributed by atoms with Crippen molar-refractivity contribution in [3.8, 4) is 11.1 Å². The van der Waals surface area contributed by atoms with Gasteiger partial charge in [0, 0.05) is 16.5 Å². The van der Waals surface area contributed by atoms with Crippen molar-refractivity contribution in [3.05, 3.63) is 48.0 Å². The van der Waals surface area contributed by atoms with Crippen LogP contribution < -0.4 is 9.62 Å². The molecule has 0 spiro atoms. The number of halogens is 3. The summed E-state index contributed by atoms with van der Waals surface area (Å²) in [5.41, 5.74) is 1.22. The number of hydrogen-bond acceptors (Lipinski definition) is 3. The Morgan fingerprint density at radius 1 is 1.07 bits per heavy atom. The van der Waals surface area contributed by atoms with Gasteiger partial charge in [0.1, 0.15) is 6.54 Å². The van der Waals surface area contributed by atoms with E-state index in [-0.39, 0.29) is 18.5 Å². The van der Waals surface area contributed by atoms with Crippen LogP contribution in [-0.4, -0.2) is 18.5 Å². The first-order valence-electron chi connectivity index (χ1n) is 9.47. The lowest BCUT2D eigenvalue weighted by atomic mass is 9.95. The van der Waals surface area contributed by atoms with Crippen LogP contribution in [0.3, 0.4) is 0 Å². The number of nitrogens with one attached hydrogen (secondary N) is 1. The van der Waals surface area contributed by atoms with E-state index in [9.17, 15) is 18.0 Å². The van der Waals surface area contributed by atoms with Crippen molar-refractivity contribution in [1.82, 2.24) is 5.32 Å². The van der Waals surface area contributed by atoms with Crippen LogP contribution in [0.25, 0.3) is 11.1 Å². The van der Waals surface area contributed by atoms with Gasteiger partial charge >= 0.3 is 6.18 Å². The number of carbonyl (C=O) groups is 1. The first-order chi connectivity index (χ1) is 13.4. The number of benzene rings is 2. The fourth-order valence-corrected chi connectivity index (χ4v) is 4.94. The van der Waals surface area contributed by atoms with E-state index in [1.54, 1.807) is 4.31 Å². The van der Waals surface area contributed by atoms with E-state index in [0.717, 1.165) is 42.2 Å². The van der Waals surface area contributed by atoms with Gasteiger partial charge in [-0.25, -0.2) is 0 Å². The summed E-state index contributed by atoms with van der Waals surface area (Å²) >= 11 is 1.39. The summed E-state index contributed by atoms with van der Waals surface area (Å²) in [6, 6.07) is 11.3. The molecule has 0 radical (unpaired) electrons. The number of alkyl halides is 3. The highest BCUT2D eigenvalue weighted by atomic mass is 32.2. The molecule has 2 aromatic carbocycles. The van der Waals surface area contributed by atoms with Crippen LogP contribution in [0.5, 0.6) is 0 Å². The molecule has 4 rings (SSSR count). The molecule has 1 aliphatic carbocycles. The molecule has 148 valence electrons. The highest BCUT2D eigenvalue weighted by Crippen LogP contribution is 2.47. The minimum Gasteiger partial charge on any atom is -0.352 e. The van der Waals surface area contributed by atoms with Crippen LogP contribution in [0.4, 0.5) is 18.9 Å². The topological polar surface area (TPSA) is 32.3 Å². The highest BCUT2D eigenvalue weighted by Gasteiger charge is 2.33. The predicted octanol–water partition coefficient (Wildman–Crippen LogP) is 5.65. The van der Waals surface area contributed by atoms with E-state index < -0.39 is 11.7 Å². The largest absolute Gasteiger partial charge is 0.416 e. The molecule has 1 N–H and O–H groups in total. The van der Waals surface area contributed by atoms with Gasteiger partial charge in [0.25, 0.3) is 0 Å². The Labute approximate surface area is 166 Å². The molecule has 2 aromatic rings. The first kappa shape index (κ1) is 19.2. The van der Waals surface area contributed by atoms with Crippen molar-refractivity contribution in [1.29, 1.82) is 0 Å². The van der Waals surface area contributed by atoms with Crippen LogP contribution in [0, 0.1) is 0 Å². The number of anilines is 1. The first-order valence-corrected chi connectivity index (χ1v) is 10.2. The molecule has 7 heteroatoms. The Balaban J connectivity index is 1.61. The molecule has 2 aliphatic rings. The van der Waals surface area contributed by atoms with Gasteiger partial charge in [0.15, 0.2) is 0 Å². The maximum Gasteiger partial charge on any atom is 0.416 e. The number of nitrogens with zero attached hydrogens (tertiary/aromatic N) is 1. The lowest BCUT2D eigenvalue weighted by molar-refractivity contribution is -0.137. The molecule has 1 fully saturated rings. The molecule has 0 aromatic heterocycles. The highest BCUT2D eigenvalue weighted by molar-refractivity contribution is 8.01. The van der Waals surface area contributed by atoms with E-state index in [4.69, 9.17) is 0 Å². The van der Waals surface area contributed by atoms with Gasteiger partial charge in [0.2, 0.25) is 5.91 Å². The fraction of sp³-hybridized carbons (Fsp3) is 0.381. The van der Waals surface area contributed by atoms with Crippen LogP contribution in [-0.2, 0) is 11.0 Å². The van der Waals surface area contributed by atoms with E-state index in [0.29, 0.717) is 11.3 Å². The van der Waals surface area contributed by atoms with Gasteiger partial charge in [-0.15, -0.1) is 0 Å². The predicted molar refractivity (Wildman–Crippen MR) is 105 cm³/mol. The number of amides is 1. The molecule has 1 heterocycles. The summed E-state index contributed by atoms with van der Waals surface area (Å²) in [5, 5.41) is 3.08. The van der Waals surface area contributed by atoms with Gasteiger partial charge in [-0.05, 0) is 54.6 Å². The minimum atomic E-state index is -4.41. The molecule has 0 bridgehead atoms. The van der Waals surface area contributed by atoms with Gasteiger partial charge in [-0.2, -0.15) is 13.2 Å². The van der Waals surface area contributed by atoms with Crippen molar-refractivity contribution in [3.63, 3.8) is 0 Å². The van der Waals surface area contributed by atoms with E-state index >= 15 is 0 Å². The van der Waals surface area contributed by atoms with Gasteiger partial charge < -0.3 is 9.62 Å². The van der Waals surface area contributed by atoms with Crippen LogP contribution in [0.15, 0.2) is 47.4 Å². The van der Waals surface area contributed by atoms with Crippen molar-refractivity contribution < 1.29 is 18.0 Å². The Morgan fingerprint density at radius 3 is 2.57 bits per heavy atom. The molecule has 1 aliphatic heterocycles. The van der Waals surface area contributed by atoms with Crippen LogP contribution in [0.1, 0.15) is 37.7 Å². The lowest BCUT2D eigenvalue weighted by Gasteiger charge is -2.32. The zero-order valence-corrected chi connectivity index (χ0v) is 16.1. The fourth-order valence-electron chi connectivity index (χ4n) is 3.85. The molecule has 0 saturated heterocycles. The lowest BCUT2D eigenvalue weighted by Crippen LogP contribution is -2.41. The minimum absolute atomic E-state index is 0.0929. The molecular weight excluding hydrogens is 385 g/mol. The van der Waals surface area contributed by atoms with Crippen molar-refractivity contribution >= 4 is 23.5 Å². The second-order valence-corrected chi connectivity index (χ2v) is 8.32. The average molecular weight is 406 g/mol. The molecule has 28 heavy (non-hydrogen) atoms. The number of carbonyl (C=O) groups excluding carboxylic acids is 1. The molecular formula is C21H21F3N2OS. The Hall–Kier alpha value is -2.15. The second-order valence-electron chi connectivity index (χ2n) is 7.26. The van der Waals surface area contributed by atoms with Gasteiger partial charge in [0.05, 0.1) is 11.3 Å². The third-order valence-corrected chi connectivity index (χ3v) is 6.33. The quantitative estimate of drug-likeness (QED) is 0.669. The maximum atomic E-state index is 13.2. The molecule has 0 unspecified atom stereocenters. The number of fused-ring (bicyclic) bond motifs is 3. The number of rotatable bonds is 3. The van der Waals surface area contributed by atoms with Crippen molar-refractivity contribution in [2.75, 3.05) is 10.8 Å². The van der Waals surface area contributed by atoms with Gasteiger partial charge in [-0.3, -0.25) is 4.79 Å². The third-order valence-electron chi connectivity index (χ3n) is 5.24. The van der Waals surface area contributed by atoms with E-state index in [2.05, 4.69) is 5.32 Å². The monoisotopic (exact) mass is 406 g/mol. The second kappa shape index (κ2) is 7.70. The molecule has 1 saturated carbocycles. The zero-order chi connectivity index (χ0) is 19.7. The third kappa shape index (κ3) is 3.99. The van der Waals surface area contributed by atoms with E-state index in [1.165, 1.54) is 30.5 Å². The summed E-state index contributed by atoms with van der Waals surface area (Å²) in [6.07, 6.45) is 1.04. The summed E-state index contributed by atoms with van der Waals surface area (Å²) < 4.78 is 41.4. The standard InChI is InChI=1S/C21H21F3N2OS/c22-21(23,24)14-10-11-18-17(12-14)16-8-4-5-9-19(16)28-26(18)13-20(27)25-15-6-2-1-3-7-15/h4-5,8-12,15H,1-3,6-7,13H2,(H,25,27).